The minimum atomic E-state index is -0.798. The first-order chi connectivity index (χ1) is 9.51. The number of carboxylic acid groups (broad SMARTS) is 1. The molecule has 0 radical (unpaired) electrons. The Hall–Kier alpha value is -1.14. The second-order valence-electron chi connectivity index (χ2n) is 6.16. The van der Waals surface area contributed by atoms with Crippen molar-refractivity contribution in [3.05, 3.63) is 0 Å². The van der Waals surface area contributed by atoms with Gasteiger partial charge in [-0.2, -0.15) is 0 Å². The van der Waals surface area contributed by atoms with Gasteiger partial charge in [0.25, 0.3) is 0 Å². The van der Waals surface area contributed by atoms with Gasteiger partial charge in [0, 0.05) is 32.7 Å². The van der Waals surface area contributed by atoms with Gasteiger partial charge in [-0.1, -0.05) is 0 Å². The highest BCUT2D eigenvalue weighted by Gasteiger charge is 2.38. The van der Waals surface area contributed by atoms with Crippen molar-refractivity contribution in [3.63, 3.8) is 0 Å². The van der Waals surface area contributed by atoms with Crippen molar-refractivity contribution in [1.82, 2.24) is 15.1 Å². The van der Waals surface area contributed by atoms with Crippen LogP contribution in [0.2, 0.25) is 0 Å². The Kier molecular flexibility index (Phi) is 4.99. The van der Waals surface area contributed by atoms with Gasteiger partial charge in [-0.25, -0.2) is 0 Å². The van der Waals surface area contributed by atoms with Gasteiger partial charge in [-0.05, 0) is 32.7 Å². The number of amides is 1. The molecule has 0 aliphatic carbocycles. The molecule has 20 heavy (non-hydrogen) atoms. The third-order valence-corrected chi connectivity index (χ3v) is 4.35. The maximum atomic E-state index is 12.7. The predicted octanol–water partition coefficient (Wildman–Crippen LogP) is -0.00500. The molecule has 0 aromatic rings. The highest BCUT2D eigenvalue weighted by Crippen LogP contribution is 2.28. The van der Waals surface area contributed by atoms with Crippen molar-refractivity contribution in [2.24, 2.45) is 5.41 Å². The van der Waals surface area contributed by atoms with Crippen LogP contribution in [0.5, 0.6) is 0 Å². The number of hydrogen-bond acceptors (Lipinski definition) is 4. The van der Waals surface area contributed by atoms with Crippen LogP contribution >= 0.6 is 0 Å². The van der Waals surface area contributed by atoms with Gasteiger partial charge in [0.2, 0.25) is 5.91 Å². The molecule has 2 N–H and O–H groups in total. The quantitative estimate of drug-likeness (QED) is 0.762. The van der Waals surface area contributed by atoms with Crippen molar-refractivity contribution >= 4 is 11.9 Å². The van der Waals surface area contributed by atoms with E-state index in [9.17, 15) is 9.59 Å². The molecule has 1 atom stereocenters. The van der Waals surface area contributed by atoms with Crippen LogP contribution in [0.25, 0.3) is 0 Å². The molecule has 6 heteroatoms. The molecule has 1 amide bonds. The van der Waals surface area contributed by atoms with Crippen LogP contribution in [0, 0.1) is 5.41 Å². The molecule has 2 heterocycles. The van der Waals surface area contributed by atoms with Crippen LogP contribution in [-0.4, -0.2) is 72.6 Å². The first-order valence-electron chi connectivity index (χ1n) is 7.45. The second-order valence-corrected chi connectivity index (χ2v) is 6.16. The summed E-state index contributed by atoms with van der Waals surface area (Å²) in [5.41, 5.74) is -0.291. The lowest BCUT2D eigenvalue weighted by Gasteiger charge is -2.37. The van der Waals surface area contributed by atoms with Crippen LogP contribution < -0.4 is 5.32 Å². The molecule has 114 valence electrons. The lowest BCUT2D eigenvalue weighted by molar-refractivity contribution is -0.142. The van der Waals surface area contributed by atoms with Gasteiger partial charge >= 0.3 is 5.97 Å². The fraction of sp³-hybridized carbons (Fsp3) is 0.857. The number of rotatable bonds is 3. The van der Waals surface area contributed by atoms with Crippen molar-refractivity contribution in [2.75, 3.05) is 45.8 Å². The zero-order chi connectivity index (χ0) is 14.6. The predicted molar refractivity (Wildman–Crippen MR) is 75.5 cm³/mol. The minimum Gasteiger partial charge on any atom is -0.480 e. The Morgan fingerprint density at radius 2 is 2.00 bits per heavy atom. The molecule has 2 aliphatic heterocycles. The van der Waals surface area contributed by atoms with E-state index in [1.54, 1.807) is 0 Å². The molecule has 2 fully saturated rings. The van der Waals surface area contributed by atoms with Crippen molar-refractivity contribution in [1.29, 1.82) is 0 Å². The fourth-order valence-electron chi connectivity index (χ4n) is 3.14. The van der Waals surface area contributed by atoms with Crippen LogP contribution in [0.4, 0.5) is 0 Å². The molecule has 1 unspecified atom stereocenters. The third kappa shape index (κ3) is 3.70. The zero-order valence-corrected chi connectivity index (χ0v) is 12.2. The maximum absolute atomic E-state index is 12.7. The molecule has 2 saturated heterocycles. The molecule has 0 saturated carbocycles. The van der Waals surface area contributed by atoms with E-state index in [1.807, 2.05) is 16.7 Å². The first-order valence-corrected chi connectivity index (χ1v) is 7.45. The van der Waals surface area contributed by atoms with Gasteiger partial charge in [0.05, 0.1) is 12.0 Å². The highest BCUT2D eigenvalue weighted by molar-refractivity contribution is 5.82. The SMILES string of the molecule is CC1(C(=O)N2CCCN(CC(=O)O)CC2)CCCNC1. The molecular weight excluding hydrogens is 258 g/mol. The lowest BCUT2D eigenvalue weighted by atomic mass is 9.81. The van der Waals surface area contributed by atoms with E-state index in [-0.39, 0.29) is 17.9 Å². The summed E-state index contributed by atoms with van der Waals surface area (Å²) in [5, 5.41) is 12.2. The summed E-state index contributed by atoms with van der Waals surface area (Å²) in [6.07, 6.45) is 2.83. The van der Waals surface area contributed by atoms with E-state index >= 15 is 0 Å². The van der Waals surface area contributed by atoms with E-state index < -0.39 is 5.97 Å². The molecule has 6 nitrogen and oxygen atoms in total. The zero-order valence-electron chi connectivity index (χ0n) is 12.2. The Balaban J connectivity index is 1.92. The Morgan fingerprint density at radius 3 is 2.65 bits per heavy atom. The number of carbonyl (C=O) groups excluding carboxylic acids is 1. The molecule has 2 rings (SSSR count). The van der Waals surface area contributed by atoms with Gasteiger partial charge in [-0.3, -0.25) is 14.5 Å². The molecule has 0 bridgehead atoms. The van der Waals surface area contributed by atoms with E-state index in [0.717, 1.165) is 45.4 Å². The monoisotopic (exact) mass is 283 g/mol. The summed E-state index contributed by atoms with van der Waals surface area (Å²) < 4.78 is 0. The summed E-state index contributed by atoms with van der Waals surface area (Å²) in [6.45, 7) is 6.65. The average molecular weight is 283 g/mol. The first kappa shape index (κ1) is 15.3. The van der Waals surface area contributed by atoms with Gasteiger partial charge in [0.15, 0.2) is 0 Å². The van der Waals surface area contributed by atoms with Gasteiger partial charge in [0.1, 0.15) is 0 Å². The Bertz CT molecular complexity index is 367. The Morgan fingerprint density at radius 1 is 1.20 bits per heavy atom. The van der Waals surface area contributed by atoms with Gasteiger partial charge < -0.3 is 15.3 Å². The van der Waals surface area contributed by atoms with Gasteiger partial charge in [-0.15, -0.1) is 0 Å². The van der Waals surface area contributed by atoms with E-state index in [0.29, 0.717) is 13.1 Å². The number of nitrogens with one attached hydrogen (secondary N) is 1. The second kappa shape index (κ2) is 6.54. The summed E-state index contributed by atoms with van der Waals surface area (Å²) >= 11 is 0. The molecule has 0 spiro atoms. The fourth-order valence-corrected chi connectivity index (χ4v) is 3.14. The highest BCUT2D eigenvalue weighted by atomic mass is 16.4. The largest absolute Gasteiger partial charge is 0.480 e. The molecule has 0 aromatic heterocycles. The number of carboxylic acids is 1. The third-order valence-electron chi connectivity index (χ3n) is 4.35. The smallest absolute Gasteiger partial charge is 0.317 e. The van der Waals surface area contributed by atoms with Crippen molar-refractivity contribution < 1.29 is 14.7 Å². The maximum Gasteiger partial charge on any atom is 0.317 e. The van der Waals surface area contributed by atoms with Crippen LogP contribution in [0.1, 0.15) is 26.2 Å². The van der Waals surface area contributed by atoms with Crippen LogP contribution in [-0.2, 0) is 9.59 Å². The summed E-state index contributed by atoms with van der Waals surface area (Å²) in [6, 6.07) is 0. The van der Waals surface area contributed by atoms with Crippen molar-refractivity contribution in [3.8, 4) is 0 Å². The van der Waals surface area contributed by atoms with E-state index in [1.165, 1.54) is 0 Å². The number of aliphatic carboxylic acids is 1. The summed E-state index contributed by atoms with van der Waals surface area (Å²) in [7, 11) is 0. The minimum absolute atomic E-state index is 0.0703. The number of hydrogen-bond donors (Lipinski definition) is 2. The molecular formula is C14H25N3O3. The van der Waals surface area contributed by atoms with Crippen LogP contribution in [0.15, 0.2) is 0 Å². The summed E-state index contributed by atoms with van der Waals surface area (Å²) in [4.78, 5) is 27.3. The lowest BCUT2D eigenvalue weighted by Crippen LogP contribution is -2.51. The normalized spacial score (nSPS) is 28.9. The Labute approximate surface area is 120 Å². The number of piperidine rings is 1. The summed E-state index contributed by atoms with van der Waals surface area (Å²) in [5.74, 6) is -0.574. The number of carbonyl (C=O) groups is 2. The van der Waals surface area contributed by atoms with Crippen LogP contribution in [0.3, 0.4) is 0 Å². The topological polar surface area (TPSA) is 72.9 Å². The van der Waals surface area contributed by atoms with E-state index in [4.69, 9.17) is 5.11 Å². The van der Waals surface area contributed by atoms with Crippen molar-refractivity contribution in [2.45, 2.75) is 26.2 Å². The van der Waals surface area contributed by atoms with E-state index in [2.05, 4.69) is 5.32 Å². The standard InChI is InChI=1S/C14H25N3O3/c1-14(4-2-5-15-11-14)13(20)17-7-3-6-16(8-9-17)10-12(18)19/h15H,2-11H2,1H3,(H,18,19). The molecule has 0 aromatic carbocycles. The average Bonchev–Trinajstić information content (AvgIpc) is 2.63. The number of nitrogens with zero attached hydrogens (tertiary/aromatic N) is 2. The molecule has 2 aliphatic rings.